The summed E-state index contributed by atoms with van der Waals surface area (Å²) in [6.07, 6.45) is 3.54. The van der Waals surface area contributed by atoms with Crippen molar-refractivity contribution in [1.29, 1.82) is 0 Å². The third kappa shape index (κ3) is 6.08. The van der Waals surface area contributed by atoms with Gasteiger partial charge in [0, 0.05) is 23.3 Å². The lowest BCUT2D eigenvalue weighted by Crippen LogP contribution is -2.24. The van der Waals surface area contributed by atoms with Gasteiger partial charge in [-0.05, 0) is 55.0 Å². The molecule has 0 aliphatic carbocycles. The normalized spacial score (nSPS) is 11.1. The molecule has 3 rings (SSSR count). The van der Waals surface area contributed by atoms with Gasteiger partial charge in [-0.1, -0.05) is 43.3 Å². The lowest BCUT2D eigenvalue weighted by molar-refractivity contribution is 0.0952. The first-order chi connectivity index (χ1) is 14.5. The van der Waals surface area contributed by atoms with E-state index in [1.165, 1.54) is 11.8 Å². The third-order valence-electron chi connectivity index (χ3n) is 4.20. The average molecular weight is 442 g/mol. The Morgan fingerprint density at radius 2 is 1.73 bits per heavy atom. The van der Waals surface area contributed by atoms with Crippen molar-refractivity contribution in [2.45, 2.75) is 34.6 Å². The van der Waals surface area contributed by atoms with Crippen LogP contribution >= 0.6 is 11.8 Å². The Kier molecular flexibility index (Phi) is 7.48. The molecular weight excluding hydrogens is 418 g/mol. The summed E-state index contributed by atoms with van der Waals surface area (Å²) in [6.45, 7) is 2.73. The van der Waals surface area contributed by atoms with Crippen LogP contribution in [0.15, 0.2) is 87.7 Å². The second kappa shape index (κ2) is 10.3. The summed E-state index contributed by atoms with van der Waals surface area (Å²) in [7, 11) is -3.61. The third-order valence-corrected chi connectivity index (χ3v) is 6.55. The fourth-order valence-corrected chi connectivity index (χ4v) is 4.42. The van der Waals surface area contributed by atoms with E-state index in [1.54, 1.807) is 60.8 Å². The zero-order valence-corrected chi connectivity index (χ0v) is 18.2. The fraction of sp³-hybridized carbons (Fsp3) is 0.182. The van der Waals surface area contributed by atoms with Crippen molar-refractivity contribution in [1.82, 2.24) is 10.3 Å². The Hall–Kier alpha value is -2.84. The highest BCUT2D eigenvalue weighted by atomic mass is 32.2. The van der Waals surface area contributed by atoms with Crippen molar-refractivity contribution < 1.29 is 13.2 Å². The van der Waals surface area contributed by atoms with E-state index in [9.17, 15) is 13.2 Å². The summed E-state index contributed by atoms with van der Waals surface area (Å²) in [6, 6.07) is 18.8. The van der Waals surface area contributed by atoms with Gasteiger partial charge in [0.05, 0.1) is 10.5 Å². The molecule has 156 valence electrons. The van der Waals surface area contributed by atoms with Crippen LogP contribution in [0.25, 0.3) is 0 Å². The number of nitrogens with one attached hydrogen (secondary N) is 2. The van der Waals surface area contributed by atoms with Crippen LogP contribution in [0.1, 0.15) is 30.1 Å². The van der Waals surface area contributed by atoms with Gasteiger partial charge in [0.1, 0.15) is 5.03 Å². The Bertz CT molecular complexity index is 1070. The number of pyridine rings is 1. The maximum absolute atomic E-state index is 12.4. The number of benzene rings is 2. The molecule has 2 aromatic carbocycles. The Morgan fingerprint density at radius 3 is 2.37 bits per heavy atom. The number of aromatic nitrogens is 1. The Morgan fingerprint density at radius 1 is 1.00 bits per heavy atom. The van der Waals surface area contributed by atoms with Crippen molar-refractivity contribution in [2.75, 3.05) is 11.3 Å². The van der Waals surface area contributed by atoms with Crippen LogP contribution in [0.3, 0.4) is 0 Å². The van der Waals surface area contributed by atoms with E-state index >= 15 is 0 Å². The van der Waals surface area contributed by atoms with Gasteiger partial charge >= 0.3 is 0 Å². The maximum atomic E-state index is 12.4. The molecule has 8 heteroatoms. The van der Waals surface area contributed by atoms with Crippen LogP contribution in [-0.2, 0) is 10.0 Å². The second-order valence-corrected chi connectivity index (χ2v) is 9.32. The van der Waals surface area contributed by atoms with Crippen molar-refractivity contribution >= 4 is 33.4 Å². The van der Waals surface area contributed by atoms with Gasteiger partial charge in [-0.2, -0.15) is 0 Å². The van der Waals surface area contributed by atoms with Crippen molar-refractivity contribution in [2.24, 2.45) is 0 Å². The second-order valence-electron chi connectivity index (χ2n) is 6.54. The van der Waals surface area contributed by atoms with E-state index in [4.69, 9.17) is 0 Å². The molecule has 0 aliphatic rings. The van der Waals surface area contributed by atoms with Crippen LogP contribution in [0.4, 0.5) is 5.69 Å². The number of nitrogens with zero attached hydrogens (tertiary/aromatic N) is 1. The maximum Gasteiger partial charge on any atom is 0.261 e. The standard InChI is InChI=1S/C22H23N3O3S2/c1-2-3-15-23-22(26)17-9-14-21(24-16-17)29-19-12-10-18(11-13-19)25-30(27,28)20-7-5-4-6-8-20/h4-14,16,25H,2-3,15H2,1H3,(H,23,26). The highest BCUT2D eigenvalue weighted by molar-refractivity contribution is 7.99. The summed E-state index contributed by atoms with van der Waals surface area (Å²) in [5.74, 6) is -0.123. The number of carbonyl (C=O) groups excluding carboxylic acids is 1. The van der Waals surface area contributed by atoms with E-state index in [-0.39, 0.29) is 10.8 Å². The van der Waals surface area contributed by atoms with Gasteiger partial charge < -0.3 is 5.32 Å². The van der Waals surface area contributed by atoms with E-state index in [0.717, 1.165) is 22.8 Å². The van der Waals surface area contributed by atoms with E-state index in [0.29, 0.717) is 17.8 Å². The summed E-state index contributed by atoms with van der Waals surface area (Å²) in [5, 5.41) is 3.61. The molecular formula is C22H23N3O3S2. The zero-order chi connectivity index (χ0) is 21.4. The van der Waals surface area contributed by atoms with Crippen LogP contribution in [0.5, 0.6) is 0 Å². The molecule has 1 amide bonds. The molecule has 0 unspecified atom stereocenters. The minimum Gasteiger partial charge on any atom is -0.352 e. The lowest BCUT2D eigenvalue weighted by atomic mass is 10.2. The predicted molar refractivity (Wildman–Crippen MR) is 119 cm³/mol. The van der Waals surface area contributed by atoms with Crippen molar-refractivity contribution in [3.63, 3.8) is 0 Å². The minimum atomic E-state index is -3.61. The first kappa shape index (κ1) is 21.9. The quantitative estimate of drug-likeness (QED) is 0.475. The number of hydrogen-bond donors (Lipinski definition) is 2. The molecule has 3 aromatic rings. The van der Waals surface area contributed by atoms with Gasteiger partial charge in [0.2, 0.25) is 0 Å². The highest BCUT2D eigenvalue weighted by Crippen LogP contribution is 2.27. The summed E-state index contributed by atoms with van der Waals surface area (Å²) in [4.78, 5) is 17.5. The average Bonchev–Trinajstić information content (AvgIpc) is 2.76. The largest absolute Gasteiger partial charge is 0.352 e. The number of carbonyl (C=O) groups is 1. The summed E-state index contributed by atoms with van der Waals surface area (Å²) in [5.41, 5.74) is 1.01. The number of rotatable bonds is 9. The predicted octanol–water partition coefficient (Wildman–Crippen LogP) is 4.56. The molecule has 0 bridgehead atoms. The molecule has 0 fully saturated rings. The van der Waals surface area contributed by atoms with E-state index in [1.807, 2.05) is 12.1 Å². The first-order valence-corrected chi connectivity index (χ1v) is 11.9. The number of sulfonamides is 1. The molecule has 30 heavy (non-hydrogen) atoms. The Labute approximate surface area is 181 Å². The minimum absolute atomic E-state index is 0.123. The molecule has 6 nitrogen and oxygen atoms in total. The SMILES string of the molecule is CCCCNC(=O)c1ccc(Sc2ccc(NS(=O)(=O)c3ccccc3)cc2)nc1. The summed E-state index contributed by atoms with van der Waals surface area (Å²) < 4.78 is 27.3. The molecule has 1 aromatic heterocycles. The summed E-state index contributed by atoms with van der Waals surface area (Å²) >= 11 is 1.43. The number of hydrogen-bond acceptors (Lipinski definition) is 5. The Balaban J connectivity index is 1.60. The number of anilines is 1. The monoisotopic (exact) mass is 441 g/mol. The molecule has 0 radical (unpaired) electrons. The van der Waals surface area contributed by atoms with E-state index < -0.39 is 10.0 Å². The van der Waals surface area contributed by atoms with Gasteiger partial charge in [-0.25, -0.2) is 13.4 Å². The lowest BCUT2D eigenvalue weighted by Gasteiger charge is -2.09. The van der Waals surface area contributed by atoms with Crippen LogP contribution in [0.2, 0.25) is 0 Å². The molecule has 1 heterocycles. The van der Waals surface area contributed by atoms with Crippen LogP contribution < -0.4 is 10.0 Å². The van der Waals surface area contributed by atoms with Crippen molar-refractivity contribution in [3.8, 4) is 0 Å². The molecule has 0 saturated carbocycles. The van der Waals surface area contributed by atoms with Gasteiger partial charge in [0.25, 0.3) is 15.9 Å². The van der Waals surface area contributed by atoms with Gasteiger partial charge in [-0.3, -0.25) is 9.52 Å². The van der Waals surface area contributed by atoms with Gasteiger partial charge in [0.15, 0.2) is 0 Å². The first-order valence-electron chi connectivity index (χ1n) is 9.58. The smallest absolute Gasteiger partial charge is 0.261 e. The van der Waals surface area contributed by atoms with Crippen molar-refractivity contribution in [3.05, 3.63) is 78.5 Å². The van der Waals surface area contributed by atoms with Crippen LogP contribution in [-0.4, -0.2) is 25.9 Å². The fourth-order valence-electron chi connectivity index (χ4n) is 2.58. The molecule has 0 saturated heterocycles. The number of unbranched alkanes of at least 4 members (excludes halogenated alkanes) is 1. The molecule has 0 spiro atoms. The van der Waals surface area contributed by atoms with E-state index in [2.05, 4.69) is 21.9 Å². The van der Waals surface area contributed by atoms with Crippen LogP contribution in [0, 0.1) is 0 Å². The molecule has 2 N–H and O–H groups in total. The zero-order valence-electron chi connectivity index (χ0n) is 16.5. The molecule has 0 aliphatic heterocycles. The molecule has 0 atom stereocenters. The number of amides is 1. The van der Waals surface area contributed by atoms with Gasteiger partial charge in [-0.15, -0.1) is 0 Å². The topological polar surface area (TPSA) is 88.2 Å². The highest BCUT2D eigenvalue weighted by Gasteiger charge is 2.13.